The fourth-order valence-corrected chi connectivity index (χ4v) is 2.51. The largest absolute Gasteiger partial charge is 0.456 e. The van der Waals surface area contributed by atoms with Crippen LogP contribution >= 0.6 is 0 Å². The Hall–Kier alpha value is -0.870. The molecular formula is C17H30O4. The summed E-state index contributed by atoms with van der Waals surface area (Å²) in [5.74, 6) is -0.377. The van der Waals surface area contributed by atoms with Crippen LogP contribution in [-0.4, -0.2) is 34.0 Å². The quantitative estimate of drug-likeness (QED) is 0.624. The first-order valence-electron chi connectivity index (χ1n) is 7.68. The zero-order valence-corrected chi connectivity index (χ0v) is 14.3. The molecule has 0 amide bonds. The number of esters is 1. The summed E-state index contributed by atoms with van der Waals surface area (Å²) in [6.45, 7) is 14.4. The van der Waals surface area contributed by atoms with Gasteiger partial charge in [-0.05, 0) is 60.8 Å². The van der Waals surface area contributed by atoms with Crippen molar-refractivity contribution in [2.75, 3.05) is 0 Å². The van der Waals surface area contributed by atoms with Crippen LogP contribution in [0, 0.1) is 0 Å². The number of carbonyl (C=O) groups excluding carboxylic acids is 1. The molecule has 2 atom stereocenters. The van der Waals surface area contributed by atoms with Crippen molar-refractivity contribution < 1.29 is 19.4 Å². The molecule has 0 spiro atoms. The third-order valence-electron chi connectivity index (χ3n) is 4.63. The van der Waals surface area contributed by atoms with E-state index in [-0.39, 0.29) is 12.1 Å². The molecule has 0 aromatic rings. The highest BCUT2D eigenvalue weighted by atomic mass is 16.6. The lowest BCUT2D eigenvalue weighted by atomic mass is 9.81. The standard InChI is InChI=1S/C17H30O4/c1-12(2)14(18)20-13-10-8-9-11-17(13,7)21-16(5,6)15(3,4)19/h13,19H,1,8-11H2,2-7H3. The fourth-order valence-electron chi connectivity index (χ4n) is 2.51. The molecule has 0 saturated heterocycles. The minimum Gasteiger partial charge on any atom is -0.456 e. The Morgan fingerprint density at radius 2 is 1.86 bits per heavy atom. The summed E-state index contributed by atoms with van der Waals surface area (Å²) >= 11 is 0. The zero-order valence-electron chi connectivity index (χ0n) is 14.3. The van der Waals surface area contributed by atoms with E-state index in [0.717, 1.165) is 25.7 Å². The van der Waals surface area contributed by atoms with Crippen LogP contribution in [0.3, 0.4) is 0 Å². The van der Waals surface area contributed by atoms with Gasteiger partial charge in [-0.2, -0.15) is 0 Å². The maximum absolute atomic E-state index is 11.8. The van der Waals surface area contributed by atoms with Crippen LogP contribution in [0.25, 0.3) is 0 Å². The first-order valence-corrected chi connectivity index (χ1v) is 7.68. The summed E-state index contributed by atoms with van der Waals surface area (Å²) < 4.78 is 11.8. The molecule has 0 radical (unpaired) electrons. The van der Waals surface area contributed by atoms with E-state index in [1.54, 1.807) is 20.8 Å². The van der Waals surface area contributed by atoms with E-state index >= 15 is 0 Å². The van der Waals surface area contributed by atoms with Gasteiger partial charge in [-0.15, -0.1) is 0 Å². The van der Waals surface area contributed by atoms with Crippen molar-refractivity contribution in [3.63, 3.8) is 0 Å². The van der Waals surface area contributed by atoms with Crippen LogP contribution in [0.5, 0.6) is 0 Å². The highest BCUT2D eigenvalue weighted by Crippen LogP contribution is 2.40. The first kappa shape index (κ1) is 18.2. The van der Waals surface area contributed by atoms with Crippen molar-refractivity contribution in [1.29, 1.82) is 0 Å². The molecule has 1 aliphatic carbocycles. The highest BCUT2D eigenvalue weighted by molar-refractivity contribution is 5.87. The van der Waals surface area contributed by atoms with Crippen LogP contribution in [-0.2, 0) is 14.3 Å². The minimum atomic E-state index is -0.990. The van der Waals surface area contributed by atoms with Crippen molar-refractivity contribution in [2.45, 2.75) is 90.1 Å². The van der Waals surface area contributed by atoms with Gasteiger partial charge in [-0.3, -0.25) is 0 Å². The molecule has 1 N–H and O–H groups in total. The van der Waals surface area contributed by atoms with Gasteiger partial charge in [0.05, 0.1) is 11.2 Å². The predicted molar refractivity (Wildman–Crippen MR) is 83.0 cm³/mol. The number of rotatable bonds is 5. The van der Waals surface area contributed by atoms with Crippen LogP contribution in [0.15, 0.2) is 12.2 Å². The summed E-state index contributed by atoms with van der Waals surface area (Å²) in [6.07, 6.45) is 3.31. The van der Waals surface area contributed by atoms with Crippen LogP contribution in [0.4, 0.5) is 0 Å². The lowest BCUT2D eigenvalue weighted by Crippen LogP contribution is -2.57. The average Bonchev–Trinajstić information content (AvgIpc) is 2.29. The molecule has 1 saturated carbocycles. The molecule has 4 nitrogen and oxygen atoms in total. The van der Waals surface area contributed by atoms with Gasteiger partial charge in [0.15, 0.2) is 0 Å². The van der Waals surface area contributed by atoms with Gasteiger partial charge in [0.2, 0.25) is 0 Å². The van der Waals surface area contributed by atoms with Crippen molar-refractivity contribution in [1.82, 2.24) is 0 Å². The third kappa shape index (κ3) is 4.30. The molecular weight excluding hydrogens is 268 g/mol. The van der Waals surface area contributed by atoms with Crippen molar-refractivity contribution >= 4 is 5.97 Å². The molecule has 4 heteroatoms. The molecule has 2 unspecified atom stereocenters. The Morgan fingerprint density at radius 3 is 2.33 bits per heavy atom. The van der Waals surface area contributed by atoms with E-state index in [9.17, 15) is 9.90 Å². The summed E-state index contributed by atoms with van der Waals surface area (Å²) in [4.78, 5) is 11.8. The van der Waals surface area contributed by atoms with Gasteiger partial charge in [-0.1, -0.05) is 13.0 Å². The molecule has 1 aliphatic rings. The second-order valence-electron chi connectivity index (χ2n) is 7.40. The topological polar surface area (TPSA) is 55.8 Å². The van der Waals surface area contributed by atoms with E-state index in [1.165, 1.54) is 0 Å². The van der Waals surface area contributed by atoms with E-state index in [1.807, 2.05) is 20.8 Å². The maximum atomic E-state index is 11.8. The molecule has 1 fully saturated rings. The fraction of sp³-hybridized carbons (Fsp3) is 0.824. The van der Waals surface area contributed by atoms with E-state index in [4.69, 9.17) is 9.47 Å². The maximum Gasteiger partial charge on any atom is 0.333 e. The number of carbonyl (C=O) groups is 1. The molecule has 122 valence electrons. The van der Waals surface area contributed by atoms with Crippen LogP contribution in [0.1, 0.15) is 67.2 Å². The Morgan fingerprint density at radius 1 is 1.29 bits per heavy atom. The summed E-state index contributed by atoms with van der Waals surface area (Å²) in [5, 5.41) is 10.3. The Bertz CT molecular complexity index is 406. The predicted octanol–water partition coefficient (Wildman–Crippen LogP) is 3.37. The van der Waals surface area contributed by atoms with E-state index < -0.39 is 16.8 Å². The Labute approximate surface area is 128 Å². The highest BCUT2D eigenvalue weighted by Gasteiger charge is 2.48. The molecule has 0 aromatic carbocycles. The Kier molecular flexibility index (Phi) is 5.27. The van der Waals surface area contributed by atoms with E-state index in [0.29, 0.717) is 5.57 Å². The van der Waals surface area contributed by atoms with Crippen molar-refractivity contribution in [3.05, 3.63) is 12.2 Å². The average molecular weight is 298 g/mol. The SMILES string of the molecule is C=C(C)C(=O)OC1CCCCC1(C)OC(C)(C)C(C)(C)O. The molecule has 0 aliphatic heterocycles. The van der Waals surface area contributed by atoms with Crippen LogP contribution in [0.2, 0.25) is 0 Å². The summed E-state index contributed by atoms with van der Waals surface area (Å²) in [5.41, 5.74) is -1.93. The number of aliphatic hydroxyl groups is 1. The summed E-state index contributed by atoms with van der Waals surface area (Å²) in [7, 11) is 0. The smallest absolute Gasteiger partial charge is 0.333 e. The normalized spacial score (nSPS) is 27.3. The minimum absolute atomic E-state index is 0.308. The van der Waals surface area contributed by atoms with Gasteiger partial charge < -0.3 is 14.6 Å². The first-order chi connectivity index (χ1) is 9.39. The van der Waals surface area contributed by atoms with Gasteiger partial charge in [0.25, 0.3) is 0 Å². The molecule has 1 rings (SSSR count). The van der Waals surface area contributed by atoms with Gasteiger partial charge in [0, 0.05) is 5.57 Å². The van der Waals surface area contributed by atoms with Gasteiger partial charge >= 0.3 is 5.97 Å². The van der Waals surface area contributed by atoms with Crippen molar-refractivity contribution in [3.8, 4) is 0 Å². The number of hydrogen-bond donors (Lipinski definition) is 1. The number of hydrogen-bond acceptors (Lipinski definition) is 4. The van der Waals surface area contributed by atoms with Gasteiger partial charge in [-0.25, -0.2) is 4.79 Å². The third-order valence-corrected chi connectivity index (χ3v) is 4.63. The zero-order chi connectivity index (χ0) is 16.5. The molecule has 0 bridgehead atoms. The van der Waals surface area contributed by atoms with Crippen molar-refractivity contribution in [2.24, 2.45) is 0 Å². The second kappa shape index (κ2) is 6.09. The summed E-state index contributed by atoms with van der Waals surface area (Å²) in [6, 6.07) is 0. The molecule has 21 heavy (non-hydrogen) atoms. The van der Waals surface area contributed by atoms with Gasteiger partial charge in [0.1, 0.15) is 11.7 Å². The molecule has 0 heterocycles. The number of ether oxygens (including phenoxy) is 2. The Balaban J connectivity index is 2.93. The van der Waals surface area contributed by atoms with E-state index in [2.05, 4.69) is 6.58 Å². The monoisotopic (exact) mass is 298 g/mol. The second-order valence-corrected chi connectivity index (χ2v) is 7.40. The lowest BCUT2D eigenvalue weighted by Gasteiger charge is -2.48. The molecule has 0 aromatic heterocycles. The van der Waals surface area contributed by atoms with Crippen LogP contribution < -0.4 is 0 Å². The lowest BCUT2D eigenvalue weighted by molar-refractivity contribution is -0.248.